The molecule has 1 N–H and O–H groups in total. The van der Waals surface area contributed by atoms with E-state index in [0.717, 1.165) is 12.2 Å². The van der Waals surface area contributed by atoms with Crippen molar-refractivity contribution in [3.05, 3.63) is 12.2 Å². The Labute approximate surface area is 96.7 Å². The van der Waals surface area contributed by atoms with E-state index in [4.69, 9.17) is 0 Å². The molecule has 0 radical (unpaired) electrons. The van der Waals surface area contributed by atoms with Gasteiger partial charge in [-0.15, -0.1) is 0 Å². The van der Waals surface area contributed by atoms with Crippen molar-refractivity contribution < 1.29 is 5.11 Å². The van der Waals surface area contributed by atoms with Gasteiger partial charge in [-0.1, -0.05) is 6.92 Å². The van der Waals surface area contributed by atoms with Crippen molar-refractivity contribution in [3.63, 3.8) is 0 Å². The summed E-state index contributed by atoms with van der Waals surface area (Å²) in [4.78, 5) is 4.32. The van der Waals surface area contributed by atoms with Gasteiger partial charge in [0.15, 0.2) is 0 Å². The molecule has 0 saturated heterocycles. The van der Waals surface area contributed by atoms with Crippen LogP contribution in [0.25, 0.3) is 0 Å². The van der Waals surface area contributed by atoms with Crippen LogP contribution < -0.4 is 0 Å². The summed E-state index contributed by atoms with van der Waals surface area (Å²) in [6.07, 6.45) is 4.92. The van der Waals surface area contributed by atoms with Crippen LogP contribution in [-0.4, -0.2) is 26.5 Å². The maximum Gasteiger partial charge on any atom is 0.138 e. The number of aromatic nitrogens is 3. The Morgan fingerprint density at radius 1 is 1.56 bits per heavy atom. The van der Waals surface area contributed by atoms with Crippen molar-refractivity contribution in [1.29, 1.82) is 0 Å². The first-order valence-corrected chi connectivity index (χ1v) is 6.06. The molecule has 1 aliphatic carbocycles. The zero-order chi connectivity index (χ0) is 11.8. The van der Waals surface area contributed by atoms with Crippen LogP contribution in [0.1, 0.15) is 45.5 Å². The first-order valence-electron chi connectivity index (χ1n) is 6.06. The third-order valence-electron chi connectivity index (χ3n) is 3.62. The van der Waals surface area contributed by atoms with Gasteiger partial charge in [0.25, 0.3) is 0 Å². The third kappa shape index (κ3) is 2.12. The van der Waals surface area contributed by atoms with Crippen LogP contribution in [0, 0.1) is 11.3 Å². The van der Waals surface area contributed by atoms with Gasteiger partial charge in [0.2, 0.25) is 0 Å². The minimum atomic E-state index is -0.0142. The molecule has 0 bridgehead atoms. The molecule has 1 heterocycles. The Hall–Kier alpha value is -0.900. The molecule has 1 aromatic rings. The molecule has 1 atom stereocenters. The molecule has 0 aliphatic heterocycles. The van der Waals surface area contributed by atoms with Gasteiger partial charge >= 0.3 is 0 Å². The minimum absolute atomic E-state index is 0.0142. The lowest BCUT2D eigenvalue weighted by Gasteiger charge is -2.27. The summed E-state index contributed by atoms with van der Waals surface area (Å²) in [7, 11) is 0. The molecule has 2 rings (SSSR count). The maximum atomic E-state index is 9.57. The largest absolute Gasteiger partial charge is 0.396 e. The van der Waals surface area contributed by atoms with Crippen molar-refractivity contribution in [2.75, 3.05) is 6.61 Å². The second-order valence-corrected chi connectivity index (χ2v) is 5.48. The highest BCUT2D eigenvalue weighted by molar-refractivity contribution is 4.99. The average molecular weight is 223 g/mol. The van der Waals surface area contributed by atoms with E-state index in [2.05, 4.69) is 30.9 Å². The fourth-order valence-electron chi connectivity index (χ4n) is 2.30. The molecule has 1 aromatic heterocycles. The topological polar surface area (TPSA) is 50.9 Å². The quantitative estimate of drug-likeness (QED) is 0.828. The lowest BCUT2D eigenvalue weighted by molar-refractivity contribution is 0.115. The van der Waals surface area contributed by atoms with Gasteiger partial charge in [-0.3, -0.25) is 0 Å². The van der Waals surface area contributed by atoms with E-state index in [9.17, 15) is 5.11 Å². The normalized spacial score (nSPS) is 20.1. The molecule has 0 amide bonds. The van der Waals surface area contributed by atoms with E-state index >= 15 is 0 Å². The lowest BCUT2D eigenvalue weighted by Crippen LogP contribution is -2.29. The number of aliphatic hydroxyl groups excluding tert-OH is 1. The van der Waals surface area contributed by atoms with E-state index in [-0.39, 0.29) is 12.0 Å². The molecule has 16 heavy (non-hydrogen) atoms. The SMILES string of the molecule is CC(C)n1ncnc1CC(C)(CO)C1CC1. The van der Waals surface area contributed by atoms with E-state index in [1.54, 1.807) is 6.33 Å². The number of hydrogen-bond donors (Lipinski definition) is 1. The van der Waals surface area contributed by atoms with Crippen LogP contribution >= 0.6 is 0 Å². The van der Waals surface area contributed by atoms with Crippen molar-refractivity contribution in [1.82, 2.24) is 14.8 Å². The smallest absolute Gasteiger partial charge is 0.138 e. The van der Waals surface area contributed by atoms with Gasteiger partial charge < -0.3 is 5.11 Å². The Balaban J connectivity index is 2.15. The van der Waals surface area contributed by atoms with Gasteiger partial charge in [0, 0.05) is 24.5 Å². The Morgan fingerprint density at radius 3 is 2.75 bits per heavy atom. The monoisotopic (exact) mass is 223 g/mol. The molecule has 1 fully saturated rings. The molecular formula is C12H21N3O. The maximum absolute atomic E-state index is 9.57. The van der Waals surface area contributed by atoms with E-state index in [0.29, 0.717) is 12.0 Å². The molecule has 1 unspecified atom stereocenters. The summed E-state index contributed by atoms with van der Waals surface area (Å²) in [5.41, 5.74) is -0.0142. The second-order valence-electron chi connectivity index (χ2n) is 5.48. The first kappa shape index (κ1) is 11.6. The average Bonchev–Trinajstić information content (AvgIpc) is 3.00. The summed E-state index contributed by atoms with van der Waals surface area (Å²) in [5.74, 6) is 1.66. The molecule has 4 heteroatoms. The number of nitrogens with zero attached hydrogens (tertiary/aromatic N) is 3. The van der Waals surface area contributed by atoms with Crippen LogP contribution in [0.2, 0.25) is 0 Å². The summed E-state index contributed by atoms with van der Waals surface area (Å²) >= 11 is 0. The molecule has 1 aliphatic rings. The zero-order valence-corrected chi connectivity index (χ0v) is 10.3. The molecule has 0 aromatic carbocycles. The van der Waals surface area contributed by atoms with E-state index < -0.39 is 0 Å². The van der Waals surface area contributed by atoms with Crippen LogP contribution in [0.15, 0.2) is 6.33 Å². The van der Waals surface area contributed by atoms with Gasteiger partial charge in [-0.25, -0.2) is 9.67 Å². The minimum Gasteiger partial charge on any atom is -0.396 e. The van der Waals surface area contributed by atoms with Crippen LogP contribution in [0.5, 0.6) is 0 Å². The van der Waals surface area contributed by atoms with Crippen LogP contribution in [-0.2, 0) is 6.42 Å². The summed E-state index contributed by atoms with van der Waals surface area (Å²) in [5, 5.41) is 13.8. The standard InChI is InChI=1S/C12H21N3O/c1-9(2)15-11(13-8-14-15)6-12(3,7-16)10-4-5-10/h8-10,16H,4-7H2,1-3H3. The van der Waals surface area contributed by atoms with Crippen molar-refractivity contribution in [2.24, 2.45) is 11.3 Å². The second kappa shape index (κ2) is 4.17. The Bertz CT molecular complexity index is 357. The predicted molar refractivity (Wildman–Crippen MR) is 62.0 cm³/mol. The fourth-order valence-corrected chi connectivity index (χ4v) is 2.30. The third-order valence-corrected chi connectivity index (χ3v) is 3.62. The lowest BCUT2D eigenvalue weighted by atomic mass is 9.82. The summed E-state index contributed by atoms with van der Waals surface area (Å²) < 4.78 is 1.95. The molecule has 4 nitrogen and oxygen atoms in total. The van der Waals surface area contributed by atoms with Crippen molar-refractivity contribution in [3.8, 4) is 0 Å². The summed E-state index contributed by atoms with van der Waals surface area (Å²) in [6, 6.07) is 0.333. The highest BCUT2D eigenvalue weighted by Crippen LogP contribution is 2.46. The molecular weight excluding hydrogens is 202 g/mol. The van der Waals surface area contributed by atoms with Gasteiger partial charge in [0.05, 0.1) is 0 Å². The van der Waals surface area contributed by atoms with Crippen molar-refractivity contribution in [2.45, 2.75) is 46.1 Å². The van der Waals surface area contributed by atoms with Crippen LogP contribution in [0.4, 0.5) is 0 Å². The highest BCUT2D eigenvalue weighted by Gasteiger charge is 2.42. The van der Waals surface area contributed by atoms with Crippen LogP contribution in [0.3, 0.4) is 0 Å². The molecule has 1 saturated carbocycles. The predicted octanol–water partition coefficient (Wildman–Crippen LogP) is 1.81. The van der Waals surface area contributed by atoms with E-state index in [1.165, 1.54) is 12.8 Å². The molecule has 0 spiro atoms. The van der Waals surface area contributed by atoms with E-state index in [1.807, 2.05) is 4.68 Å². The number of rotatable bonds is 5. The Morgan fingerprint density at radius 2 is 2.25 bits per heavy atom. The Kier molecular flexibility index (Phi) is 3.02. The van der Waals surface area contributed by atoms with Crippen molar-refractivity contribution >= 4 is 0 Å². The molecule has 90 valence electrons. The van der Waals surface area contributed by atoms with Gasteiger partial charge in [-0.2, -0.15) is 5.10 Å². The summed E-state index contributed by atoms with van der Waals surface area (Å²) in [6.45, 7) is 6.60. The number of hydrogen-bond acceptors (Lipinski definition) is 3. The highest BCUT2D eigenvalue weighted by atomic mass is 16.3. The fraction of sp³-hybridized carbons (Fsp3) is 0.833. The van der Waals surface area contributed by atoms with Gasteiger partial charge in [0.1, 0.15) is 12.2 Å². The first-order chi connectivity index (χ1) is 7.57. The zero-order valence-electron chi connectivity index (χ0n) is 10.3. The van der Waals surface area contributed by atoms with Gasteiger partial charge in [-0.05, 0) is 32.6 Å². The number of aliphatic hydroxyl groups is 1.